The summed E-state index contributed by atoms with van der Waals surface area (Å²) >= 11 is 0. The molecule has 4 aliphatic carbocycles. The second-order valence-corrected chi connectivity index (χ2v) is 15.9. The van der Waals surface area contributed by atoms with Gasteiger partial charge in [0, 0.05) is 17.8 Å². The highest BCUT2D eigenvalue weighted by Crippen LogP contribution is 2.70. The van der Waals surface area contributed by atoms with Gasteiger partial charge in [0.15, 0.2) is 6.29 Å². The third kappa shape index (κ3) is 5.34. The zero-order valence-electron chi connectivity index (χ0n) is 26.6. The van der Waals surface area contributed by atoms with Crippen molar-refractivity contribution in [2.24, 2.45) is 40.4 Å². The fourth-order valence-electron chi connectivity index (χ4n) is 10.5. The van der Waals surface area contributed by atoms with E-state index in [9.17, 15) is 40.5 Å². The fraction of sp³-hybridized carbons (Fsp3) is 0.970. The molecule has 0 bridgehead atoms. The fourth-order valence-corrected chi connectivity index (χ4v) is 10.5. The van der Waals surface area contributed by atoms with E-state index in [2.05, 4.69) is 20.8 Å². The van der Waals surface area contributed by atoms with E-state index in [0.29, 0.717) is 50.9 Å². The van der Waals surface area contributed by atoms with E-state index in [1.807, 2.05) is 6.92 Å². The predicted molar refractivity (Wildman–Crippen MR) is 156 cm³/mol. The standard InChI is InChI=1S/C33H56O10/c1-17(2)6-7-25(43-29-28(39)27(38)26(37)23(16-34)42-29)32(5,40)24-10-13-33(41)20-15-22(36)21-14-18(35)8-11-30(21,3)19(20)9-12-31(24,33)4/h17-21,23-29,34-35,37-41H,6-16H2,1-5H3. The van der Waals surface area contributed by atoms with Crippen molar-refractivity contribution in [2.45, 2.75) is 153 Å². The maximum Gasteiger partial charge on any atom is 0.187 e. The molecule has 5 fully saturated rings. The number of fused-ring (bicyclic) bond motifs is 5. The molecule has 15 unspecified atom stereocenters. The SMILES string of the molecule is CC(C)CCC(OC1OC(CO)C(O)C(O)C1O)C(C)(O)C1CCC2(O)C3CC(=O)C4CC(O)CCC4(C)C3CCC12C. The Balaban J connectivity index is 1.43. The highest BCUT2D eigenvalue weighted by atomic mass is 16.7. The van der Waals surface area contributed by atoms with E-state index in [1.54, 1.807) is 6.92 Å². The minimum atomic E-state index is -1.59. The summed E-state index contributed by atoms with van der Waals surface area (Å²) in [6.07, 6.45) is -2.62. The van der Waals surface area contributed by atoms with Gasteiger partial charge in [-0.3, -0.25) is 4.79 Å². The minimum absolute atomic E-state index is 0.135. The predicted octanol–water partition coefficient (Wildman–Crippen LogP) is 1.67. The molecule has 10 heteroatoms. The lowest BCUT2D eigenvalue weighted by Gasteiger charge is -2.63. The van der Waals surface area contributed by atoms with Gasteiger partial charge >= 0.3 is 0 Å². The molecular formula is C33H56O10. The van der Waals surface area contributed by atoms with E-state index < -0.39 is 66.1 Å². The molecule has 248 valence electrons. The van der Waals surface area contributed by atoms with Crippen LogP contribution in [0.15, 0.2) is 0 Å². The quantitative estimate of drug-likeness (QED) is 0.213. The molecule has 0 amide bonds. The van der Waals surface area contributed by atoms with Crippen LogP contribution in [0, 0.1) is 40.4 Å². The first-order valence-corrected chi connectivity index (χ1v) is 16.6. The molecule has 5 rings (SSSR count). The summed E-state index contributed by atoms with van der Waals surface area (Å²) in [5.41, 5.74) is -3.59. The van der Waals surface area contributed by atoms with Crippen LogP contribution in [0.3, 0.4) is 0 Å². The average molecular weight is 613 g/mol. The highest BCUT2D eigenvalue weighted by molar-refractivity contribution is 5.83. The zero-order valence-corrected chi connectivity index (χ0v) is 26.6. The topological polar surface area (TPSA) is 177 Å². The Morgan fingerprint density at radius 1 is 0.977 bits per heavy atom. The maximum atomic E-state index is 13.6. The number of carbonyl (C=O) groups is 1. The second-order valence-electron chi connectivity index (χ2n) is 15.9. The van der Waals surface area contributed by atoms with Gasteiger partial charge in [0.25, 0.3) is 0 Å². The van der Waals surface area contributed by atoms with E-state index in [1.165, 1.54) is 0 Å². The van der Waals surface area contributed by atoms with Crippen LogP contribution < -0.4 is 0 Å². The van der Waals surface area contributed by atoms with Gasteiger partial charge in [-0.25, -0.2) is 0 Å². The van der Waals surface area contributed by atoms with Crippen molar-refractivity contribution in [1.29, 1.82) is 0 Å². The largest absolute Gasteiger partial charge is 0.394 e. The van der Waals surface area contributed by atoms with Gasteiger partial charge in [-0.15, -0.1) is 0 Å². The molecule has 1 heterocycles. The van der Waals surface area contributed by atoms with Gasteiger partial charge in [0.2, 0.25) is 0 Å². The van der Waals surface area contributed by atoms with Crippen LogP contribution in [0.2, 0.25) is 0 Å². The van der Waals surface area contributed by atoms with Gasteiger partial charge in [0.1, 0.15) is 30.2 Å². The summed E-state index contributed by atoms with van der Waals surface area (Å²) in [7, 11) is 0. The van der Waals surface area contributed by atoms with E-state index in [-0.39, 0.29) is 41.3 Å². The summed E-state index contributed by atoms with van der Waals surface area (Å²) in [6.45, 7) is 9.51. The van der Waals surface area contributed by atoms with E-state index in [0.717, 1.165) is 12.8 Å². The monoisotopic (exact) mass is 612 g/mol. The number of ether oxygens (including phenoxy) is 2. The molecule has 0 aromatic heterocycles. The molecule has 4 saturated carbocycles. The number of Topliss-reactive ketones (excluding diaryl/α,β-unsaturated/α-hetero) is 1. The number of hydrogen-bond donors (Lipinski definition) is 7. The van der Waals surface area contributed by atoms with Crippen LogP contribution in [0.25, 0.3) is 0 Å². The molecule has 5 aliphatic rings. The lowest BCUT2D eigenvalue weighted by molar-refractivity contribution is -0.329. The lowest BCUT2D eigenvalue weighted by atomic mass is 9.42. The van der Waals surface area contributed by atoms with Gasteiger partial charge in [-0.2, -0.15) is 0 Å². The summed E-state index contributed by atoms with van der Waals surface area (Å²) < 4.78 is 12.0. The smallest absolute Gasteiger partial charge is 0.187 e. The highest BCUT2D eigenvalue weighted by Gasteiger charge is 2.71. The van der Waals surface area contributed by atoms with Gasteiger partial charge < -0.3 is 45.2 Å². The molecule has 0 spiro atoms. The van der Waals surface area contributed by atoms with Crippen LogP contribution in [0.1, 0.15) is 98.8 Å². The lowest BCUT2D eigenvalue weighted by Crippen LogP contribution is -2.66. The van der Waals surface area contributed by atoms with Crippen LogP contribution in [0.5, 0.6) is 0 Å². The molecular weight excluding hydrogens is 556 g/mol. The molecule has 43 heavy (non-hydrogen) atoms. The first kappa shape index (κ1) is 33.7. The van der Waals surface area contributed by atoms with Gasteiger partial charge in [-0.1, -0.05) is 27.7 Å². The van der Waals surface area contributed by atoms with Crippen LogP contribution in [-0.2, 0) is 14.3 Å². The number of carbonyl (C=O) groups excluding carboxylic acids is 1. The van der Waals surface area contributed by atoms with Gasteiger partial charge in [-0.05, 0) is 93.8 Å². The van der Waals surface area contributed by atoms with Crippen LogP contribution in [-0.4, -0.2) is 102 Å². The molecule has 0 aromatic rings. The number of hydrogen-bond acceptors (Lipinski definition) is 10. The maximum absolute atomic E-state index is 13.6. The molecule has 10 nitrogen and oxygen atoms in total. The normalized spacial score (nSPS) is 50.5. The van der Waals surface area contributed by atoms with Crippen molar-refractivity contribution < 1.29 is 50.0 Å². The Hall–Kier alpha value is -0.690. The third-order valence-electron chi connectivity index (χ3n) is 13.1. The van der Waals surface area contributed by atoms with E-state index in [4.69, 9.17) is 9.47 Å². The summed E-state index contributed by atoms with van der Waals surface area (Å²) in [5, 5.41) is 76.5. The Kier molecular flexibility index (Phi) is 9.27. The Morgan fingerprint density at radius 3 is 2.33 bits per heavy atom. The van der Waals surface area contributed by atoms with Crippen molar-refractivity contribution in [3.63, 3.8) is 0 Å². The number of rotatable bonds is 8. The van der Waals surface area contributed by atoms with Gasteiger partial charge in [0.05, 0.1) is 30.0 Å². The van der Waals surface area contributed by atoms with Crippen LogP contribution >= 0.6 is 0 Å². The van der Waals surface area contributed by atoms with Crippen molar-refractivity contribution >= 4 is 5.78 Å². The Morgan fingerprint density at radius 2 is 1.67 bits per heavy atom. The Labute approximate surface area is 255 Å². The third-order valence-corrected chi connectivity index (χ3v) is 13.1. The first-order chi connectivity index (χ1) is 20.0. The minimum Gasteiger partial charge on any atom is -0.394 e. The molecule has 1 saturated heterocycles. The molecule has 15 atom stereocenters. The van der Waals surface area contributed by atoms with Crippen molar-refractivity contribution in [1.82, 2.24) is 0 Å². The first-order valence-electron chi connectivity index (χ1n) is 16.6. The second kappa shape index (κ2) is 11.8. The summed E-state index contributed by atoms with van der Waals surface area (Å²) in [4.78, 5) is 13.6. The summed E-state index contributed by atoms with van der Waals surface area (Å²) in [5.74, 6) is -0.210. The van der Waals surface area contributed by atoms with Crippen molar-refractivity contribution in [3.8, 4) is 0 Å². The van der Waals surface area contributed by atoms with Crippen molar-refractivity contribution in [2.75, 3.05) is 6.61 Å². The van der Waals surface area contributed by atoms with Crippen molar-refractivity contribution in [3.05, 3.63) is 0 Å². The Bertz CT molecular complexity index is 1020. The van der Waals surface area contributed by atoms with E-state index >= 15 is 0 Å². The molecule has 0 aromatic carbocycles. The molecule has 7 N–H and O–H groups in total. The number of aliphatic hydroxyl groups is 7. The molecule has 0 radical (unpaired) electrons. The number of aliphatic hydroxyl groups excluding tert-OH is 5. The van der Waals surface area contributed by atoms with Crippen LogP contribution in [0.4, 0.5) is 0 Å². The molecule has 1 aliphatic heterocycles. The zero-order chi connectivity index (χ0) is 31.7. The summed E-state index contributed by atoms with van der Waals surface area (Å²) in [6, 6.07) is 0. The number of ketones is 1. The average Bonchev–Trinajstić information content (AvgIpc) is 3.23.